The van der Waals surface area contributed by atoms with Crippen molar-refractivity contribution in [1.82, 2.24) is 0 Å². The van der Waals surface area contributed by atoms with Crippen LogP contribution < -0.4 is 23.7 Å². The standard InChI is InChI=1S/C20H24NO12PS/c1-29-13-10-17(31-3)14(18(11-13)32-4)7-8-35(27,28)21-12-5-6-16(30-2)15(9-12)19(20(22)23)33-34(24,25)26/h5-11,19,21H,1-4H3,(H,22,23)(H2,24,25,26)/b8-7+. The number of methoxy groups -OCH3 is 4. The monoisotopic (exact) mass is 533 g/mol. The van der Waals surface area contributed by atoms with Gasteiger partial charge >= 0.3 is 13.8 Å². The zero-order chi connectivity index (χ0) is 26.4. The van der Waals surface area contributed by atoms with E-state index < -0.39 is 29.9 Å². The highest BCUT2D eigenvalue weighted by molar-refractivity contribution is 7.95. The van der Waals surface area contributed by atoms with Crippen LogP contribution in [0.25, 0.3) is 6.08 Å². The maximum Gasteiger partial charge on any atom is 0.470 e. The molecule has 0 aliphatic heterocycles. The molecule has 15 heteroatoms. The van der Waals surface area contributed by atoms with Crippen LogP contribution in [0, 0.1) is 0 Å². The number of phosphoric acid groups is 1. The van der Waals surface area contributed by atoms with Gasteiger partial charge in [-0.3, -0.25) is 9.25 Å². The first kappa shape index (κ1) is 28.0. The highest BCUT2D eigenvalue weighted by atomic mass is 32.2. The van der Waals surface area contributed by atoms with Crippen molar-refractivity contribution in [3.05, 3.63) is 46.9 Å². The Bertz CT molecular complexity index is 1230. The Balaban J connectivity index is 2.43. The van der Waals surface area contributed by atoms with Crippen molar-refractivity contribution in [2.24, 2.45) is 0 Å². The molecule has 0 radical (unpaired) electrons. The number of anilines is 1. The Hall–Kier alpha value is -3.29. The van der Waals surface area contributed by atoms with Crippen molar-refractivity contribution in [1.29, 1.82) is 0 Å². The van der Waals surface area contributed by atoms with E-state index in [9.17, 15) is 22.9 Å². The molecular formula is C20H24NO12PS. The van der Waals surface area contributed by atoms with E-state index in [0.717, 1.165) is 11.5 Å². The van der Waals surface area contributed by atoms with Gasteiger partial charge in [-0.1, -0.05) is 0 Å². The summed E-state index contributed by atoms with van der Waals surface area (Å²) in [5.74, 6) is -0.855. The van der Waals surface area contributed by atoms with Crippen molar-refractivity contribution in [3.63, 3.8) is 0 Å². The molecule has 0 fully saturated rings. The van der Waals surface area contributed by atoms with Crippen LogP contribution in [-0.4, -0.2) is 57.7 Å². The van der Waals surface area contributed by atoms with Gasteiger partial charge in [-0.2, -0.15) is 0 Å². The van der Waals surface area contributed by atoms with Crippen LogP contribution in [0.15, 0.2) is 35.7 Å². The molecule has 0 amide bonds. The molecule has 4 N–H and O–H groups in total. The second-order valence-electron chi connectivity index (χ2n) is 6.67. The lowest BCUT2D eigenvalue weighted by molar-refractivity contribution is -0.146. The van der Waals surface area contributed by atoms with Crippen molar-refractivity contribution in [2.45, 2.75) is 6.10 Å². The van der Waals surface area contributed by atoms with Crippen LogP contribution >= 0.6 is 7.82 Å². The van der Waals surface area contributed by atoms with E-state index in [-0.39, 0.29) is 28.5 Å². The topological polar surface area (TPSA) is 187 Å². The number of aliphatic carboxylic acids is 1. The van der Waals surface area contributed by atoms with Gasteiger partial charge in [0, 0.05) is 23.4 Å². The number of carboxylic acids is 1. The van der Waals surface area contributed by atoms with E-state index in [1.165, 1.54) is 58.8 Å². The molecule has 0 aromatic heterocycles. The summed E-state index contributed by atoms with van der Waals surface area (Å²) in [6.45, 7) is 0. The molecule has 2 aromatic rings. The number of ether oxygens (including phenoxy) is 4. The third kappa shape index (κ3) is 7.60. The van der Waals surface area contributed by atoms with Gasteiger partial charge in [-0.05, 0) is 24.3 Å². The van der Waals surface area contributed by atoms with Crippen molar-refractivity contribution < 1.29 is 56.1 Å². The Morgan fingerprint density at radius 2 is 1.54 bits per heavy atom. The Morgan fingerprint density at radius 3 is 2.00 bits per heavy atom. The molecule has 1 atom stereocenters. The summed E-state index contributed by atoms with van der Waals surface area (Å²) in [5, 5.41) is 10.2. The van der Waals surface area contributed by atoms with Gasteiger partial charge < -0.3 is 33.8 Å². The third-order valence-electron chi connectivity index (χ3n) is 4.41. The first-order valence-corrected chi connectivity index (χ1v) is 12.6. The minimum absolute atomic E-state index is 0.1000. The highest BCUT2D eigenvalue weighted by Crippen LogP contribution is 2.44. The molecule has 0 saturated carbocycles. The average Bonchev–Trinajstić information content (AvgIpc) is 2.79. The molecule has 0 saturated heterocycles. The van der Waals surface area contributed by atoms with Gasteiger partial charge in [0.25, 0.3) is 10.0 Å². The van der Waals surface area contributed by atoms with Gasteiger partial charge in [-0.15, -0.1) is 0 Å². The second-order valence-corrected chi connectivity index (χ2v) is 9.42. The van der Waals surface area contributed by atoms with Gasteiger partial charge in [-0.25, -0.2) is 17.8 Å². The predicted molar refractivity (Wildman–Crippen MR) is 124 cm³/mol. The third-order valence-corrected chi connectivity index (χ3v) is 5.91. The zero-order valence-corrected chi connectivity index (χ0v) is 20.7. The number of phosphoric ester groups is 1. The highest BCUT2D eigenvalue weighted by Gasteiger charge is 2.32. The molecule has 2 rings (SSSR count). The minimum Gasteiger partial charge on any atom is -0.496 e. The molecule has 1 unspecified atom stereocenters. The molecule has 0 aliphatic carbocycles. The number of hydrogen-bond acceptors (Lipinski definition) is 9. The first-order valence-electron chi connectivity index (χ1n) is 9.49. The van der Waals surface area contributed by atoms with Crippen molar-refractivity contribution in [2.75, 3.05) is 33.2 Å². The van der Waals surface area contributed by atoms with Crippen LogP contribution in [0.4, 0.5) is 5.69 Å². The molecule has 2 aromatic carbocycles. The zero-order valence-electron chi connectivity index (χ0n) is 19.0. The van der Waals surface area contributed by atoms with Gasteiger partial charge in [0.15, 0.2) is 6.10 Å². The second kappa shape index (κ2) is 11.4. The molecule has 0 aliphatic rings. The molecule has 0 bridgehead atoms. The van der Waals surface area contributed by atoms with E-state index in [0.29, 0.717) is 11.3 Å². The maximum atomic E-state index is 12.7. The lowest BCUT2D eigenvalue weighted by Gasteiger charge is -2.18. The number of carboxylic acid groups (broad SMARTS) is 1. The Morgan fingerprint density at radius 1 is 0.971 bits per heavy atom. The molecule has 35 heavy (non-hydrogen) atoms. The van der Waals surface area contributed by atoms with E-state index in [1.807, 2.05) is 0 Å². The summed E-state index contributed by atoms with van der Waals surface area (Å²) in [6, 6.07) is 6.56. The number of hydrogen-bond donors (Lipinski definition) is 4. The first-order chi connectivity index (χ1) is 16.3. The van der Waals surface area contributed by atoms with E-state index >= 15 is 0 Å². The summed E-state index contributed by atoms with van der Waals surface area (Å²) in [4.78, 5) is 29.7. The smallest absolute Gasteiger partial charge is 0.470 e. The van der Waals surface area contributed by atoms with Crippen LogP contribution in [0.2, 0.25) is 0 Å². The fourth-order valence-corrected chi connectivity index (χ4v) is 4.24. The summed E-state index contributed by atoms with van der Waals surface area (Å²) in [5.41, 5.74) is -0.150. The van der Waals surface area contributed by atoms with Gasteiger partial charge in [0.05, 0.1) is 39.4 Å². The van der Waals surface area contributed by atoms with Crippen LogP contribution in [0.3, 0.4) is 0 Å². The van der Waals surface area contributed by atoms with Crippen molar-refractivity contribution in [3.8, 4) is 23.0 Å². The lowest BCUT2D eigenvalue weighted by atomic mass is 10.1. The summed E-state index contributed by atoms with van der Waals surface area (Å²) in [7, 11) is -3.98. The van der Waals surface area contributed by atoms with E-state index in [4.69, 9.17) is 28.7 Å². The largest absolute Gasteiger partial charge is 0.496 e. The van der Waals surface area contributed by atoms with Crippen LogP contribution in [0.5, 0.6) is 23.0 Å². The number of rotatable bonds is 12. The molecule has 192 valence electrons. The minimum atomic E-state index is -5.21. The summed E-state index contributed by atoms with van der Waals surface area (Å²) in [6.07, 6.45) is -0.917. The quantitative estimate of drug-likeness (QED) is 0.292. The lowest BCUT2D eigenvalue weighted by Crippen LogP contribution is -2.16. The fraction of sp³-hybridized carbons (Fsp3) is 0.250. The summed E-state index contributed by atoms with van der Waals surface area (Å²) >= 11 is 0. The van der Waals surface area contributed by atoms with E-state index in [2.05, 4.69) is 9.25 Å². The van der Waals surface area contributed by atoms with Gasteiger partial charge in [0.2, 0.25) is 0 Å². The summed E-state index contributed by atoms with van der Waals surface area (Å²) < 4.78 is 63.9. The fourth-order valence-electron chi connectivity index (χ4n) is 2.93. The Labute approximate surface area is 201 Å². The normalized spacial score (nSPS) is 12.7. The maximum absolute atomic E-state index is 12.7. The molecular weight excluding hydrogens is 509 g/mol. The number of benzene rings is 2. The molecule has 13 nitrogen and oxygen atoms in total. The predicted octanol–water partition coefficient (Wildman–Crippen LogP) is 2.37. The average molecular weight is 533 g/mol. The number of nitrogens with one attached hydrogen (secondary N) is 1. The van der Waals surface area contributed by atoms with Crippen molar-refractivity contribution >= 4 is 35.6 Å². The van der Waals surface area contributed by atoms with Gasteiger partial charge in [0.1, 0.15) is 23.0 Å². The van der Waals surface area contributed by atoms with Crippen LogP contribution in [-0.2, 0) is 23.9 Å². The number of sulfonamides is 1. The number of carbonyl (C=O) groups is 1. The molecule has 0 heterocycles. The Kier molecular flexibility index (Phi) is 9.12. The molecule has 0 spiro atoms. The SMILES string of the molecule is COc1cc(OC)c(/C=C/S(=O)(=O)Nc2ccc(OC)c(C(OP(=O)(O)O)C(=O)O)c2)c(OC)c1. The van der Waals surface area contributed by atoms with E-state index in [1.54, 1.807) is 0 Å². The van der Waals surface area contributed by atoms with Crippen LogP contribution in [0.1, 0.15) is 17.2 Å².